The van der Waals surface area contributed by atoms with Crippen molar-refractivity contribution in [1.29, 1.82) is 0 Å². The van der Waals surface area contributed by atoms with Gasteiger partial charge in [-0.3, -0.25) is 4.79 Å². The van der Waals surface area contributed by atoms with Gasteiger partial charge in [-0.25, -0.2) is 4.98 Å². The SMILES string of the molecule is CCNc1ccc(C(=O)N(CC)CC(F)(F)F)nc1. The monoisotopic (exact) mass is 275 g/mol. The van der Waals surface area contributed by atoms with E-state index in [-0.39, 0.29) is 12.2 Å². The van der Waals surface area contributed by atoms with E-state index in [2.05, 4.69) is 10.3 Å². The third-order valence-electron chi connectivity index (χ3n) is 2.40. The molecule has 19 heavy (non-hydrogen) atoms. The lowest BCUT2D eigenvalue weighted by Gasteiger charge is -2.21. The molecule has 0 aromatic carbocycles. The molecular weight excluding hydrogens is 259 g/mol. The zero-order valence-electron chi connectivity index (χ0n) is 10.8. The van der Waals surface area contributed by atoms with Crippen molar-refractivity contribution < 1.29 is 18.0 Å². The number of aromatic nitrogens is 1. The molecule has 0 aliphatic heterocycles. The fourth-order valence-electron chi connectivity index (χ4n) is 1.53. The number of alkyl halides is 3. The first-order valence-corrected chi connectivity index (χ1v) is 5.93. The van der Waals surface area contributed by atoms with Crippen LogP contribution in [0.5, 0.6) is 0 Å². The van der Waals surface area contributed by atoms with E-state index in [1.54, 1.807) is 6.07 Å². The maximum absolute atomic E-state index is 12.3. The number of amides is 1. The summed E-state index contributed by atoms with van der Waals surface area (Å²) in [6, 6.07) is 3.03. The second-order valence-electron chi connectivity index (χ2n) is 3.90. The molecular formula is C12H16F3N3O. The Morgan fingerprint density at radius 1 is 1.37 bits per heavy atom. The van der Waals surface area contributed by atoms with Crippen molar-refractivity contribution in [3.05, 3.63) is 24.0 Å². The van der Waals surface area contributed by atoms with Gasteiger partial charge in [-0.1, -0.05) is 0 Å². The zero-order chi connectivity index (χ0) is 14.5. The van der Waals surface area contributed by atoms with E-state index in [1.807, 2.05) is 6.92 Å². The molecule has 1 heterocycles. The van der Waals surface area contributed by atoms with E-state index in [4.69, 9.17) is 0 Å². The van der Waals surface area contributed by atoms with Crippen LogP contribution in [0.1, 0.15) is 24.3 Å². The highest BCUT2D eigenvalue weighted by molar-refractivity contribution is 5.92. The van der Waals surface area contributed by atoms with Gasteiger partial charge in [0.15, 0.2) is 0 Å². The molecule has 1 N–H and O–H groups in total. The molecule has 0 saturated carbocycles. The third kappa shape index (κ3) is 4.76. The molecule has 0 fully saturated rings. The van der Waals surface area contributed by atoms with E-state index < -0.39 is 18.6 Å². The zero-order valence-corrected chi connectivity index (χ0v) is 10.8. The molecule has 7 heteroatoms. The van der Waals surface area contributed by atoms with Crippen LogP contribution in [-0.2, 0) is 0 Å². The molecule has 1 amide bonds. The van der Waals surface area contributed by atoms with Crippen LogP contribution in [0.3, 0.4) is 0 Å². The second kappa shape index (κ2) is 6.40. The Balaban J connectivity index is 2.79. The number of pyridine rings is 1. The van der Waals surface area contributed by atoms with Gasteiger partial charge in [-0.2, -0.15) is 13.2 Å². The van der Waals surface area contributed by atoms with Crippen LogP contribution in [-0.4, -0.2) is 41.6 Å². The van der Waals surface area contributed by atoms with E-state index in [0.717, 1.165) is 10.6 Å². The smallest absolute Gasteiger partial charge is 0.384 e. The first-order chi connectivity index (χ1) is 8.87. The van der Waals surface area contributed by atoms with Gasteiger partial charge in [0.1, 0.15) is 12.2 Å². The van der Waals surface area contributed by atoms with Crippen molar-refractivity contribution in [2.24, 2.45) is 0 Å². The molecule has 0 aliphatic rings. The quantitative estimate of drug-likeness (QED) is 0.898. The average Bonchev–Trinajstić information content (AvgIpc) is 2.35. The lowest BCUT2D eigenvalue weighted by atomic mass is 10.3. The summed E-state index contributed by atoms with van der Waals surface area (Å²) in [6.07, 6.45) is -2.98. The predicted octanol–water partition coefficient (Wildman–Crippen LogP) is 2.54. The van der Waals surface area contributed by atoms with Gasteiger partial charge >= 0.3 is 6.18 Å². The first-order valence-electron chi connectivity index (χ1n) is 5.93. The van der Waals surface area contributed by atoms with Crippen molar-refractivity contribution in [2.75, 3.05) is 25.0 Å². The summed E-state index contributed by atoms with van der Waals surface area (Å²) >= 11 is 0. The van der Waals surface area contributed by atoms with Gasteiger partial charge in [0.25, 0.3) is 5.91 Å². The van der Waals surface area contributed by atoms with Crippen molar-refractivity contribution >= 4 is 11.6 Å². The summed E-state index contributed by atoms with van der Waals surface area (Å²) in [6.45, 7) is 2.82. The minimum Gasteiger partial charge on any atom is -0.384 e. The van der Waals surface area contributed by atoms with Crippen molar-refractivity contribution in [3.8, 4) is 0 Å². The molecule has 1 rings (SSSR count). The van der Waals surface area contributed by atoms with Crippen LogP contribution < -0.4 is 5.32 Å². The van der Waals surface area contributed by atoms with E-state index >= 15 is 0 Å². The second-order valence-corrected chi connectivity index (χ2v) is 3.90. The fourth-order valence-corrected chi connectivity index (χ4v) is 1.53. The number of anilines is 1. The highest BCUT2D eigenvalue weighted by Gasteiger charge is 2.32. The number of carbonyl (C=O) groups is 1. The molecule has 0 bridgehead atoms. The largest absolute Gasteiger partial charge is 0.406 e. The number of rotatable bonds is 5. The van der Waals surface area contributed by atoms with Gasteiger partial charge in [0.05, 0.1) is 11.9 Å². The molecule has 4 nitrogen and oxygen atoms in total. The highest BCUT2D eigenvalue weighted by Crippen LogP contribution is 2.18. The number of carbonyl (C=O) groups excluding carboxylic acids is 1. The van der Waals surface area contributed by atoms with E-state index in [1.165, 1.54) is 19.2 Å². The van der Waals surface area contributed by atoms with Crippen molar-refractivity contribution in [2.45, 2.75) is 20.0 Å². The van der Waals surface area contributed by atoms with Crippen LogP contribution in [0.2, 0.25) is 0 Å². The molecule has 0 spiro atoms. The molecule has 106 valence electrons. The van der Waals surface area contributed by atoms with E-state index in [0.29, 0.717) is 6.54 Å². The fraction of sp³-hybridized carbons (Fsp3) is 0.500. The summed E-state index contributed by atoms with van der Waals surface area (Å²) < 4.78 is 36.9. The van der Waals surface area contributed by atoms with Gasteiger partial charge in [0, 0.05) is 13.1 Å². The number of nitrogens with zero attached hydrogens (tertiary/aromatic N) is 2. The van der Waals surface area contributed by atoms with Crippen molar-refractivity contribution in [1.82, 2.24) is 9.88 Å². The summed E-state index contributed by atoms with van der Waals surface area (Å²) in [5, 5.41) is 2.99. The number of halogens is 3. The van der Waals surface area contributed by atoms with Gasteiger partial charge in [-0.05, 0) is 26.0 Å². The average molecular weight is 275 g/mol. The van der Waals surface area contributed by atoms with Crippen LogP contribution in [0.4, 0.5) is 18.9 Å². The Morgan fingerprint density at radius 3 is 2.47 bits per heavy atom. The van der Waals surface area contributed by atoms with Gasteiger partial charge in [0.2, 0.25) is 0 Å². The Morgan fingerprint density at radius 2 is 2.05 bits per heavy atom. The Kier molecular flexibility index (Phi) is 5.14. The molecule has 0 saturated heterocycles. The predicted molar refractivity (Wildman–Crippen MR) is 66.0 cm³/mol. The Bertz CT molecular complexity index is 417. The molecule has 0 radical (unpaired) electrons. The normalized spacial score (nSPS) is 11.2. The van der Waals surface area contributed by atoms with Crippen LogP contribution in [0.15, 0.2) is 18.3 Å². The Labute approximate surface area is 109 Å². The van der Waals surface area contributed by atoms with Crippen LogP contribution in [0.25, 0.3) is 0 Å². The summed E-state index contributed by atoms with van der Waals surface area (Å²) in [5.41, 5.74) is 0.727. The van der Waals surface area contributed by atoms with Crippen molar-refractivity contribution in [3.63, 3.8) is 0 Å². The summed E-state index contributed by atoms with van der Waals surface area (Å²) in [4.78, 5) is 16.5. The number of nitrogens with one attached hydrogen (secondary N) is 1. The minimum atomic E-state index is -4.41. The summed E-state index contributed by atoms with van der Waals surface area (Å²) in [5.74, 6) is -0.720. The molecule has 0 unspecified atom stereocenters. The van der Waals surface area contributed by atoms with E-state index in [9.17, 15) is 18.0 Å². The third-order valence-corrected chi connectivity index (χ3v) is 2.40. The maximum atomic E-state index is 12.3. The first kappa shape index (κ1) is 15.3. The standard InChI is InChI=1S/C12H16F3N3O/c1-3-16-9-5-6-10(17-7-9)11(19)18(4-2)8-12(13,14)15/h5-7,16H,3-4,8H2,1-2H3. The molecule has 0 aliphatic carbocycles. The molecule has 1 aromatic rings. The van der Waals surface area contributed by atoms with Crippen LogP contribution in [0, 0.1) is 0 Å². The lowest BCUT2D eigenvalue weighted by Crippen LogP contribution is -2.39. The molecule has 1 aromatic heterocycles. The lowest BCUT2D eigenvalue weighted by molar-refractivity contribution is -0.140. The number of hydrogen-bond donors (Lipinski definition) is 1. The molecule has 0 atom stereocenters. The highest BCUT2D eigenvalue weighted by atomic mass is 19.4. The van der Waals surface area contributed by atoms with Gasteiger partial charge in [-0.15, -0.1) is 0 Å². The Hall–Kier alpha value is -1.79. The van der Waals surface area contributed by atoms with Crippen LogP contribution >= 0.6 is 0 Å². The number of hydrogen-bond acceptors (Lipinski definition) is 3. The summed E-state index contributed by atoms with van der Waals surface area (Å²) in [7, 11) is 0. The van der Waals surface area contributed by atoms with Gasteiger partial charge < -0.3 is 10.2 Å². The minimum absolute atomic E-state index is 0.00718. The maximum Gasteiger partial charge on any atom is 0.406 e. The topological polar surface area (TPSA) is 45.2 Å².